The monoisotopic (exact) mass is 424 g/mol. The van der Waals surface area contributed by atoms with E-state index in [4.69, 9.17) is 10.2 Å². The van der Waals surface area contributed by atoms with E-state index >= 15 is 0 Å². The predicted octanol–water partition coefficient (Wildman–Crippen LogP) is 4.18. The Labute approximate surface area is 180 Å². The maximum absolute atomic E-state index is 13.3. The smallest absolute Gasteiger partial charge is 0.240 e. The standard InChI is InChI=1S/C24H32N2O3Si/c1-24(2,3)30(4,5)29-15-14-20(22(25)27)26-23(28)21-18-12-8-6-10-16(18)17-11-7-9-13-19(17)21/h6-13,20-21H,14-15H2,1-5H3,(H2,25,27)(H,26,28)/t20-/m0/s1. The molecule has 0 saturated heterocycles. The van der Waals surface area contributed by atoms with E-state index in [1.165, 1.54) is 0 Å². The molecule has 160 valence electrons. The highest BCUT2D eigenvalue weighted by Crippen LogP contribution is 2.44. The Morgan fingerprint density at radius 2 is 1.53 bits per heavy atom. The molecule has 0 unspecified atom stereocenters. The molecule has 6 heteroatoms. The van der Waals surface area contributed by atoms with Gasteiger partial charge >= 0.3 is 0 Å². The van der Waals surface area contributed by atoms with Crippen LogP contribution in [-0.4, -0.2) is 32.8 Å². The maximum atomic E-state index is 13.3. The van der Waals surface area contributed by atoms with Crippen LogP contribution in [0.3, 0.4) is 0 Å². The number of nitrogens with one attached hydrogen (secondary N) is 1. The molecule has 5 nitrogen and oxygen atoms in total. The minimum absolute atomic E-state index is 0.0791. The van der Waals surface area contributed by atoms with Gasteiger partial charge < -0.3 is 15.5 Å². The molecule has 1 aliphatic rings. The zero-order chi connectivity index (χ0) is 22.1. The highest BCUT2D eigenvalue weighted by molar-refractivity contribution is 6.74. The van der Waals surface area contributed by atoms with Crippen LogP contribution in [-0.2, 0) is 14.0 Å². The first-order chi connectivity index (χ1) is 14.0. The molecule has 0 saturated carbocycles. The number of amides is 2. The number of nitrogens with two attached hydrogens (primary N) is 1. The van der Waals surface area contributed by atoms with Gasteiger partial charge in [-0.05, 0) is 46.8 Å². The summed E-state index contributed by atoms with van der Waals surface area (Å²) in [7, 11) is -1.93. The summed E-state index contributed by atoms with van der Waals surface area (Å²) in [5, 5.41) is 2.97. The average Bonchev–Trinajstić information content (AvgIpc) is 3.00. The van der Waals surface area contributed by atoms with E-state index < -0.39 is 26.2 Å². The Bertz CT molecular complexity index is 904. The largest absolute Gasteiger partial charge is 0.417 e. The molecule has 0 aliphatic heterocycles. The number of carbonyl (C=O) groups is 2. The molecule has 0 spiro atoms. The molecule has 0 bridgehead atoms. The van der Waals surface area contributed by atoms with E-state index in [1.54, 1.807) is 0 Å². The van der Waals surface area contributed by atoms with Gasteiger partial charge in [0.25, 0.3) is 0 Å². The van der Waals surface area contributed by atoms with Crippen LogP contribution in [0.15, 0.2) is 48.5 Å². The van der Waals surface area contributed by atoms with Crippen molar-refractivity contribution >= 4 is 20.1 Å². The van der Waals surface area contributed by atoms with Gasteiger partial charge in [-0.2, -0.15) is 0 Å². The van der Waals surface area contributed by atoms with Gasteiger partial charge in [0.05, 0.1) is 5.92 Å². The van der Waals surface area contributed by atoms with Crippen molar-refractivity contribution < 1.29 is 14.0 Å². The van der Waals surface area contributed by atoms with Crippen LogP contribution < -0.4 is 11.1 Å². The molecule has 2 aromatic carbocycles. The van der Waals surface area contributed by atoms with Crippen molar-refractivity contribution in [2.24, 2.45) is 5.73 Å². The Morgan fingerprint density at radius 1 is 1.03 bits per heavy atom. The highest BCUT2D eigenvalue weighted by atomic mass is 28.4. The summed E-state index contributed by atoms with van der Waals surface area (Å²) in [6.45, 7) is 11.2. The van der Waals surface area contributed by atoms with Crippen LogP contribution in [0.25, 0.3) is 11.1 Å². The molecular formula is C24H32N2O3Si. The number of benzene rings is 2. The Hall–Kier alpha value is -2.44. The Balaban J connectivity index is 1.74. The fourth-order valence-electron chi connectivity index (χ4n) is 3.63. The summed E-state index contributed by atoms with van der Waals surface area (Å²) in [6.07, 6.45) is 0.365. The summed E-state index contributed by atoms with van der Waals surface area (Å²) >= 11 is 0. The number of hydrogen-bond donors (Lipinski definition) is 2. The fraction of sp³-hybridized carbons (Fsp3) is 0.417. The van der Waals surface area contributed by atoms with Crippen LogP contribution in [0.4, 0.5) is 0 Å². The van der Waals surface area contributed by atoms with Crippen LogP contribution in [0.5, 0.6) is 0 Å². The molecule has 3 N–H and O–H groups in total. The van der Waals surface area contributed by atoms with Crippen LogP contribution in [0, 0.1) is 0 Å². The maximum Gasteiger partial charge on any atom is 0.240 e. The third-order valence-corrected chi connectivity index (χ3v) is 11.0. The third-order valence-electron chi connectivity index (χ3n) is 6.43. The summed E-state index contributed by atoms with van der Waals surface area (Å²) < 4.78 is 6.17. The minimum Gasteiger partial charge on any atom is -0.417 e. The molecule has 1 aliphatic carbocycles. The van der Waals surface area contributed by atoms with Crippen LogP contribution in [0.1, 0.15) is 44.2 Å². The van der Waals surface area contributed by atoms with Crippen molar-refractivity contribution in [2.45, 2.75) is 57.3 Å². The molecule has 0 radical (unpaired) electrons. The van der Waals surface area contributed by atoms with E-state index in [2.05, 4.69) is 39.2 Å². The summed E-state index contributed by atoms with van der Waals surface area (Å²) in [5.74, 6) is -1.19. The first kappa shape index (κ1) is 22.2. The number of rotatable bonds is 7. The van der Waals surface area contributed by atoms with Gasteiger partial charge in [0.1, 0.15) is 6.04 Å². The normalized spacial score (nSPS) is 14.7. The lowest BCUT2D eigenvalue weighted by Gasteiger charge is -2.36. The van der Waals surface area contributed by atoms with Gasteiger partial charge in [-0.25, -0.2) is 0 Å². The van der Waals surface area contributed by atoms with E-state index in [9.17, 15) is 9.59 Å². The summed E-state index contributed by atoms with van der Waals surface area (Å²) in [6, 6.07) is 15.1. The van der Waals surface area contributed by atoms with Crippen LogP contribution in [0.2, 0.25) is 18.1 Å². The van der Waals surface area contributed by atoms with Gasteiger partial charge in [-0.3, -0.25) is 9.59 Å². The number of primary amides is 1. The van der Waals surface area contributed by atoms with Gasteiger partial charge in [-0.15, -0.1) is 0 Å². The second-order valence-corrected chi connectivity index (χ2v) is 14.3. The molecule has 3 rings (SSSR count). The predicted molar refractivity (Wildman–Crippen MR) is 123 cm³/mol. The van der Waals surface area contributed by atoms with Gasteiger partial charge in [0, 0.05) is 6.61 Å². The molecule has 0 fully saturated rings. The average molecular weight is 425 g/mol. The van der Waals surface area contributed by atoms with E-state index in [-0.39, 0.29) is 10.9 Å². The molecule has 0 heterocycles. The quantitative estimate of drug-likeness (QED) is 0.654. The summed E-state index contributed by atoms with van der Waals surface area (Å²) in [4.78, 5) is 25.3. The SMILES string of the molecule is CC(C)(C)[Si](C)(C)OCC[C@H](NC(=O)C1c2ccccc2-c2ccccc21)C(N)=O. The number of carbonyl (C=O) groups excluding carboxylic acids is 2. The molecule has 0 aromatic heterocycles. The van der Waals surface area contributed by atoms with E-state index in [0.717, 1.165) is 22.3 Å². The van der Waals surface area contributed by atoms with Gasteiger partial charge in [0.2, 0.25) is 11.8 Å². The molecule has 2 aromatic rings. The number of fused-ring (bicyclic) bond motifs is 3. The molecular weight excluding hydrogens is 392 g/mol. The van der Waals surface area contributed by atoms with Crippen LogP contribution >= 0.6 is 0 Å². The summed E-state index contributed by atoms with van der Waals surface area (Å²) in [5.41, 5.74) is 9.64. The van der Waals surface area contributed by atoms with Crippen molar-refractivity contribution in [1.29, 1.82) is 0 Å². The zero-order valence-electron chi connectivity index (χ0n) is 18.5. The Morgan fingerprint density at radius 3 is 2.00 bits per heavy atom. The van der Waals surface area contributed by atoms with Crippen molar-refractivity contribution in [1.82, 2.24) is 5.32 Å². The van der Waals surface area contributed by atoms with Crippen molar-refractivity contribution in [2.75, 3.05) is 6.61 Å². The first-order valence-electron chi connectivity index (χ1n) is 10.4. The topological polar surface area (TPSA) is 81.4 Å². The highest BCUT2D eigenvalue weighted by Gasteiger charge is 2.38. The lowest BCUT2D eigenvalue weighted by Crippen LogP contribution is -2.48. The fourth-order valence-corrected chi connectivity index (χ4v) is 4.69. The lowest BCUT2D eigenvalue weighted by molar-refractivity contribution is -0.128. The van der Waals surface area contributed by atoms with Crippen molar-refractivity contribution in [3.8, 4) is 11.1 Å². The van der Waals surface area contributed by atoms with Gasteiger partial charge in [0.15, 0.2) is 8.32 Å². The number of hydrogen-bond acceptors (Lipinski definition) is 3. The van der Waals surface area contributed by atoms with E-state index in [0.29, 0.717) is 13.0 Å². The van der Waals surface area contributed by atoms with Gasteiger partial charge in [-0.1, -0.05) is 69.3 Å². The molecule has 1 atom stereocenters. The molecule has 30 heavy (non-hydrogen) atoms. The zero-order valence-corrected chi connectivity index (χ0v) is 19.5. The van der Waals surface area contributed by atoms with Crippen molar-refractivity contribution in [3.63, 3.8) is 0 Å². The Kier molecular flexibility index (Phi) is 6.20. The lowest BCUT2D eigenvalue weighted by atomic mass is 9.95. The second kappa shape index (κ2) is 8.36. The first-order valence-corrected chi connectivity index (χ1v) is 13.4. The third kappa shape index (κ3) is 4.35. The second-order valence-electron chi connectivity index (χ2n) is 9.47. The minimum atomic E-state index is -1.93. The molecule has 2 amide bonds. The van der Waals surface area contributed by atoms with Crippen molar-refractivity contribution in [3.05, 3.63) is 59.7 Å². The van der Waals surface area contributed by atoms with E-state index in [1.807, 2.05) is 48.5 Å².